The topological polar surface area (TPSA) is 104 Å². The highest BCUT2D eigenvalue weighted by Gasteiger charge is 2.21. The van der Waals surface area contributed by atoms with Crippen LogP contribution in [0.4, 0.5) is 11.6 Å². The normalized spacial score (nSPS) is 13.9. The van der Waals surface area contributed by atoms with Gasteiger partial charge in [0.2, 0.25) is 0 Å². The molecule has 0 aliphatic heterocycles. The van der Waals surface area contributed by atoms with Crippen molar-refractivity contribution >= 4 is 35.0 Å². The van der Waals surface area contributed by atoms with Gasteiger partial charge >= 0.3 is 0 Å². The van der Waals surface area contributed by atoms with Crippen LogP contribution in [-0.2, 0) is 0 Å². The van der Waals surface area contributed by atoms with Crippen LogP contribution >= 0.6 is 23.4 Å². The van der Waals surface area contributed by atoms with Gasteiger partial charge in [-0.05, 0) is 18.6 Å². The number of anilines is 2. The summed E-state index contributed by atoms with van der Waals surface area (Å²) in [6.45, 7) is 1.91. The molecule has 0 aliphatic carbocycles. The molecule has 2 aromatic rings. The number of rotatable bonds is 4. The van der Waals surface area contributed by atoms with Crippen molar-refractivity contribution in [2.24, 2.45) is 5.73 Å². The van der Waals surface area contributed by atoms with Gasteiger partial charge in [-0.25, -0.2) is 9.97 Å². The van der Waals surface area contributed by atoms with E-state index in [0.29, 0.717) is 21.8 Å². The first-order valence-electron chi connectivity index (χ1n) is 6.04. The molecular weight excluding hydrogens is 294 g/mol. The van der Waals surface area contributed by atoms with Crippen LogP contribution in [0, 0.1) is 0 Å². The van der Waals surface area contributed by atoms with Gasteiger partial charge in [-0.15, -0.1) is 0 Å². The van der Waals surface area contributed by atoms with Crippen molar-refractivity contribution in [2.75, 3.05) is 11.5 Å². The molecule has 6 N–H and O–H groups in total. The Morgan fingerprint density at radius 3 is 2.30 bits per heavy atom. The monoisotopic (exact) mass is 309 g/mol. The molecule has 1 aromatic heterocycles. The first-order valence-corrected chi connectivity index (χ1v) is 7.30. The van der Waals surface area contributed by atoms with Gasteiger partial charge in [-0.1, -0.05) is 41.6 Å². The van der Waals surface area contributed by atoms with Gasteiger partial charge in [-0.2, -0.15) is 0 Å². The van der Waals surface area contributed by atoms with E-state index in [0.717, 1.165) is 5.56 Å². The van der Waals surface area contributed by atoms with E-state index in [2.05, 4.69) is 9.97 Å². The smallest absolute Gasteiger partial charge is 0.192 e. The standard InChI is InChI=1S/C13H16ClN5S/c1-7(15)12(8-4-2-3-5-9(8)14)20-13-18-10(16)6-11(17)19-13/h2-7,12H,15H2,1H3,(H4,16,17,18,19). The van der Waals surface area contributed by atoms with Gasteiger partial charge in [0.05, 0.1) is 5.25 Å². The number of hydrogen-bond acceptors (Lipinski definition) is 6. The van der Waals surface area contributed by atoms with Crippen LogP contribution in [0.25, 0.3) is 0 Å². The molecule has 1 aromatic carbocycles. The predicted molar refractivity (Wildman–Crippen MR) is 84.6 cm³/mol. The molecule has 2 unspecified atom stereocenters. The van der Waals surface area contributed by atoms with Gasteiger partial charge in [0.25, 0.3) is 0 Å². The number of nitrogen functional groups attached to an aromatic ring is 2. The molecule has 0 radical (unpaired) electrons. The number of nitrogens with zero attached hydrogens (tertiary/aromatic N) is 2. The lowest BCUT2D eigenvalue weighted by Gasteiger charge is -2.21. The van der Waals surface area contributed by atoms with Crippen LogP contribution in [0.5, 0.6) is 0 Å². The molecule has 0 bridgehead atoms. The molecule has 0 fully saturated rings. The van der Waals surface area contributed by atoms with Gasteiger partial charge in [0.1, 0.15) is 11.6 Å². The predicted octanol–water partition coefficient (Wildman–Crippen LogP) is 2.47. The largest absolute Gasteiger partial charge is 0.383 e. The lowest BCUT2D eigenvalue weighted by atomic mass is 10.1. The summed E-state index contributed by atoms with van der Waals surface area (Å²) >= 11 is 7.63. The number of thioether (sulfide) groups is 1. The molecule has 5 nitrogen and oxygen atoms in total. The summed E-state index contributed by atoms with van der Waals surface area (Å²) in [5, 5.41) is 1.08. The average molecular weight is 310 g/mol. The number of benzene rings is 1. The molecule has 2 rings (SSSR count). The van der Waals surface area contributed by atoms with Crippen molar-refractivity contribution in [1.29, 1.82) is 0 Å². The van der Waals surface area contributed by atoms with E-state index in [1.54, 1.807) is 0 Å². The lowest BCUT2D eigenvalue weighted by molar-refractivity contribution is 0.718. The quantitative estimate of drug-likeness (QED) is 0.592. The molecule has 0 amide bonds. The van der Waals surface area contributed by atoms with Crippen LogP contribution < -0.4 is 17.2 Å². The number of hydrogen-bond donors (Lipinski definition) is 3. The molecule has 0 spiro atoms. The Balaban J connectivity index is 2.33. The first kappa shape index (κ1) is 14.9. The number of aromatic nitrogens is 2. The van der Waals surface area contributed by atoms with E-state index in [4.69, 9.17) is 28.8 Å². The van der Waals surface area contributed by atoms with Crippen LogP contribution in [-0.4, -0.2) is 16.0 Å². The van der Waals surface area contributed by atoms with Gasteiger partial charge in [-0.3, -0.25) is 0 Å². The molecule has 0 saturated carbocycles. The van der Waals surface area contributed by atoms with Crippen LogP contribution in [0.3, 0.4) is 0 Å². The van der Waals surface area contributed by atoms with Crippen molar-refractivity contribution in [3.8, 4) is 0 Å². The Labute approximate surface area is 126 Å². The summed E-state index contributed by atoms with van der Waals surface area (Å²) in [4.78, 5) is 8.32. The summed E-state index contributed by atoms with van der Waals surface area (Å²) in [5.74, 6) is 0.671. The maximum Gasteiger partial charge on any atom is 0.192 e. The third-order valence-corrected chi connectivity index (χ3v) is 4.34. The highest BCUT2D eigenvalue weighted by Crippen LogP contribution is 2.38. The molecule has 20 heavy (non-hydrogen) atoms. The van der Waals surface area contributed by atoms with Crippen LogP contribution in [0.1, 0.15) is 17.7 Å². The molecule has 2 atom stereocenters. The second kappa shape index (κ2) is 6.30. The van der Waals surface area contributed by atoms with Crippen LogP contribution in [0.2, 0.25) is 5.02 Å². The summed E-state index contributed by atoms with van der Waals surface area (Å²) < 4.78 is 0. The Kier molecular flexibility index (Phi) is 4.69. The summed E-state index contributed by atoms with van der Waals surface area (Å²) in [6.07, 6.45) is 0. The fourth-order valence-electron chi connectivity index (χ4n) is 1.79. The fourth-order valence-corrected chi connectivity index (χ4v) is 3.20. The molecule has 0 aliphatic rings. The zero-order valence-electron chi connectivity index (χ0n) is 11.0. The minimum Gasteiger partial charge on any atom is -0.383 e. The van der Waals surface area contributed by atoms with E-state index in [1.807, 2.05) is 31.2 Å². The van der Waals surface area contributed by atoms with E-state index in [-0.39, 0.29) is 11.3 Å². The maximum absolute atomic E-state index is 6.23. The second-order valence-corrected chi connectivity index (χ2v) is 5.94. The zero-order chi connectivity index (χ0) is 14.7. The van der Waals surface area contributed by atoms with Gasteiger partial charge < -0.3 is 17.2 Å². The molecule has 106 valence electrons. The SMILES string of the molecule is CC(N)C(Sc1nc(N)cc(N)n1)c1ccccc1Cl. The third-order valence-electron chi connectivity index (χ3n) is 2.67. The maximum atomic E-state index is 6.23. The van der Waals surface area contributed by atoms with Crippen molar-refractivity contribution in [3.63, 3.8) is 0 Å². The van der Waals surface area contributed by atoms with Crippen molar-refractivity contribution in [2.45, 2.75) is 23.4 Å². The van der Waals surface area contributed by atoms with Crippen molar-refractivity contribution in [1.82, 2.24) is 9.97 Å². The highest BCUT2D eigenvalue weighted by atomic mass is 35.5. The minimum atomic E-state index is -0.133. The first-order chi connectivity index (χ1) is 9.47. The average Bonchev–Trinajstić information content (AvgIpc) is 2.35. The Morgan fingerprint density at radius 2 is 1.75 bits per heavy atom. The fraction of sp³-hybridized carbons (Fsp3) is 0.231. The Morgan fingerprint density at radius 1 is 1.15 bits per heavy atom. The Bertz CT molecular complexity index is 585. The zero-order valence-corrected chi connectivity index (χ0v) is 12.5. The van der Waals surface area contributed by atoms with Crippen LogP contribution in [0.15, 0.2) is 35.5 Å². The molecule has 1 heterocycles. The van der Waals surface area contributed by atoms with Crippen molar-refractivity contribution < 1.29 is 0 Å². The Hall–Kier alpha value is -1.50. The molecule has 0 saturated heterocycles. The van der Waals surface area contributed by atoms with Gasteiger partial charge in [0, 0.05) is 17.1 Å². The van der Waals surface area contributed by atoms with Crippen molar-refractivity contribution in [3.05, 3.63) is 40.9 Å². The second-order valence-electron chi connectivity index (χ2n) is 4.42. The summed E-state index contributed by atoms with van der Waals surface area (Å²) in [7, 11) is 0. The third kappa shape index (κ3) is 3.53. The van der Waals surface area contributed by atoms with Gasteiger partial charge in [0.15, 0.2) is 5.16 Å². The van der Waals surface area contributed by atoms with E-state index in [9.17, 15) is 0 Å². The van der Waals surface area contributed by atoms with E-state index < -0.39 is 0 Å². The number of nitrogens with two attached hydrogens (primary N) is 3. The molecule has 7 heteroatoms. The highest BCUT2D eigenvalue weighted by molar-refractivity contribution is 7.99. The molecular formula is C13H16ClN5S. The summed E-state index contributed by atoms with van der Waals surface area (Å²) in [6, 6.07) is 8.96. The minimum absolute atomic E-state index is 0.0788. The summed E-state index contributed by atoms with van der Waals surface area (Å²) in [5.41, 5.74) is 18.4. The van der Waals surface area contributed by atoms with E-state index >= 15 is 0 Å². The number of halogens is 1. The van der Waals surface area contributed by atoms with E-state index in [1.165, 1.54) is 17.8 Å². The lowest BCUT2D eigenvalue weighted by Crippen LogP contribution is -2.23.